The first-order valence-electron chi connectivity index (χ1n) is 6.66. The standard InChI is InChI=1S/C16H14N2OS2/c1-2-11-5-3-6-12(9-11)18-15(19)14-10-17-16(21-14)13-7-4-8-20-13/h3-10H,2H2,1H3,(H,18,19). The van der Waals surface area contributed by atoms with Crippen molar-refractivity contribution in [3.05, 3.63) is 58.4 Å². The average molecular weight is 314 g/mol. The second kappa shape index (κ2) is 6.20. The molecule has 5 heteroatoms. The van der Waals surface area contributed by atoms with Crippen molar-refractivity contribution in [1.82, 2.24) is 4.98 Å². The van der Waals surface area contributed by atoms with Gasteiger partial charge in [0.1, 0.15) is 9.88 Å². The van der Waals surface area contributed by atoms with Crippen LogP contribution < -0.4 is 5.32 Å². The van der Waals surface area contributed by atoms with Gasteiger partial charge < -0.3 is 5.32 Å². The van der Waals surface area contributed by atoms with Crippen LogP contribution in [-0.4, -0.2) is 10.9 Å². The Hall–Kier alpha value is -1.98. The van der Waals surface area contributed by atoms with Crippen LogP contribution in [-0.2, 0) is 6.42 Å². The summed E-state index contributed by atoms with van der Waals surface area (Å²) in [6.07, 6.45) is 2.59. The number of nitrogens with zero attached hydrogens (tertiary/aromatic N) is 1. The maximum absolute atomic E-state index is 12.3. The number of carbonyl (C=O) groups excluding carboxylic acids is 1. The molecule has 0 saturated heterocycles. The summed E-state index contributed by atoms with van der Waals surface area (Å²) in [5, 5.41) is 5.82. The van der Waals surface area contributed by atoms with Crippen LogP contribution in [0.4, 0.5) is 5.69 Å². The lowest BCUT2D eigenvalue weighted by atomic mass is 10.1. The van der Waals surface area contributed by atoms with E-state index in [1.807, 2.05) is 35.7 Å². The third-order valence-electron chi connectivity index (χ3n) is 3.05. The number of aryl methyl sites for hydroxylation is 1. The highest BCUT2D eigenvalue weighted by Crippen LogP contribution is 2.29. The van der Waals surface area contributed by atoms with Gasteiger partial charge in [0.2, 0.25) is 0 Å². The molecular weight excluding hydrogens is 300 g/mol. The largest absolute Gasteiger partial charge is 0.321 e. The van der Waals surface area contributed by atoms with Crippen LogP contribution in [0.25, 0.3) is 9.88 Å². The molecule has 2 aromatic heterocycles. The molecule has 0 spiro atoms. The molecule has 21 heavy (non-hydrogen) atoms. The van der Waals surface area contributed by atoms with Crippen molar-refractivity contribution in [2.24, 2.45) is 0 Å². The number of carbonyl (C=O) groups is 1. The molecule has 0 atom stereocenters. The van der Waals surface area contributed by atoms with E-state index in [0.29, 0.717) is 4.88 Å². The average Bonchev–Trinajstić information content (AvgIpc) is 3.18. The van der Waals surface area contributed by atoms with Crippen LogP contribution in [0.15, 0.2) is 48.0 Å². The summed E-state index contributed by atoms with van der Waals surface area (Å²) in [4.78, 5) is 18.3. The monoisotopic (exact) mass is 314 g/mol. The number of aromatic nitrogens is 1. The summed E-state index contributed by atoms with van der Waals surface area (Å²) in [5.41, 5.74) is 2.03. The predicted molar refractivity (Wildman–Crippen MR) is 89.2 cm³/mol. The van der Waals surface area contributed by atoms with Gasteiger partial charge in [-0.15, -0.1) is 22.7 Å². The van der Waals surface area contributed by atoms with E-state index in [0.717, 1.165) is 22.0 Å². The van der Waals surface area contributed by atoms with Gasteiger partial charge in [0.15, 0.2) is 0 Å². The highest BCUT2D eigenvalue weighted by Gasteiger charge is 2.12. The van der Waals surface area contributed by atoms with E-state index in [1.54, 1.807) is 17.5 Å². The Labute approximate surface area is 131 Å². The number of nitrogens with one attached hydrogen (secondary N) is 1. The van der Waals surface area contributed by atoms with E-state index in [1.165, 1.54) is 16.9 Å². The number of benzene rings is 1. The van der Waals surface area contributed by atoms with Crippen LogP contribution in [0.1, 0.15) is 22.2 Å². The lowest BCUT2D eigenvalue weighted by molar-refractivity contribution is 0.103. The maximum atomic E-state index is 12.3. The molecule has 2 heterocycles. The lowest BCUT2D eigenvalue weighted by Crippen LogP contribution is -2.10. The lowest BCUT2D eigenvalue weighted by Gasteiger charge is -2.04. The van der Waals surface area contributed by atoms with Crippen molar-refractivity contribution in [3.63, 3.8) is 0 Å². The summed E-state index contributed by atoms with van der Waals surface area (Å²) in [7, 11) is 0. The van der Waals surface area contributed by atoms with Crippen LogP contribution in [0.2, 0.25) is 0 Å². The Kier molecular flexibility index (Phi) is 4.13. The van der Waals surface area contributed by atoms with Crippen LogP contribution in [0, 0.1) is 0 Å². The molecule has 0 fully saturated rings. The molecular formula is C16H14N2OS2. The summed E-state index contributed by atoms with van der Waals surface area (Å²) in [6.45, 7) is 2.09. The number of thiazole rings is 1. The SMILES string of the molecule is CCc1cccc(NC(=O)c2cnc(-c3cccs3)s2)c1. The zero-order valence-electron chi connectivity index (χ0n) is 11.5. The van der Waals surface area contributed by atoms with Crippen molar-refractivity contribution in [2.45, 2.75) is 13.3 Å². The van der Waals surface area contributed by atoms with Crippen molar-refractivity contribution >= 4 is 34.3 Å². The van der Waals surface area contributed by atoms with Gasteiger partial charge in [-0.25, -0.2) is 4.98 Å². The summed E-state index contributed by atoms with van der Waals surface area (Å²) in [5.74, 6) is -0.108. The molecule has 106 valence electrons. The number of anilines is 1. The Morgan fingerprint density at radius 3 is 2.95 bits per heavy atom. The Bertz CT molecular complexity index is 747. The fraction of sp³-hybridized carbons (Fsp3) is 0.125. The third-order valence-corrected chi connectivity index (χ3v) is 5.09. The Morgan fingerprint density at radius 2 is 2.19 bits per heavy atom. The van der Waals surface area contributed by atoms with Crippen LogP contribution >= 0.6 is 22.7 Å². The fourth-order valence-electron chi connectivity index (χ4n) is 1.95. The topological polar surface area (TPSA) is 42.0 Å². The van der Waals surface area contributed by atoms with E-state index in [9.17, 15) is 4.79 Å². The van der Waals surface area contributed by atoms with Crippen molar-refractivity contribution in [2.75, 3.05) is 5.32 Å². The highest BCUT2D eigenvalue weighted by atomic mass is 32.1. The number of amides is 1. The van der Waals surface area contributed by atoms with Gasteiger partial charge in [-0.05, 0) is 35.6 Å². The van der Waals surface area contributed by atoms with Crippen molar-refractivity contribution in [1.29, 1.82) is 0 Å². The third kappa shape index (κ3) is 3.20. The number of hydrogen-bond acceptors (Lipinski definition) is 4. The Balaban J connectivity index is 1.76. The highest BCUT2D eigenvalue weighted by molar-refractivity contribution is 7.22. The predicted octanol–water partition coefficient (Wildman–Crippen LogP) is 4.69. The van der Waals surface area contributed by atoms with Gasteiger partial charge in [0.25, 0.3) is 5.91 Å². The fourth-order valence-corrected chi connectivity index (χ4v) is 3.57. The molecule has 3 aromatic rings. The number of thiophene rings is 1. The van der Waals surface area contributed by atoms with E-state index in [-0.39, 0.29) is 5.91 Å². The molecule has 0 aliphatic carbocycles. The molecule has 0 bridgehead atoms. The quantitative estimate of drug-likeness (QED) is 0.759. The van der Waals surface area contributed by atoms with E-state index >= 15 is 0 Å². The zero-order chi connectivity index (χ0) is 14.7. The first-order chi connectivity index (χ1) is 10.3. The summed E-state index contributed by atoms with van der Waals surface area (Å²) < 4.78 is 0. The van der Waals surface area contributed by atoms with E-state index < -0.39 is 0 Å². The molecule has 1 aromatic carbocycles. The van der Waals surface area contributed by atoms with Gasteiger partial charge in [0.05, 0.1) is 11.1 Å². The first-order valence-corrected chi connectivity index (χ1v) is 8.36. The van der Waals surface area contributed by atoms with Crippen molar-refractivity contribution < 1.29 is 4.79 Å². The molecule has 3 nitrogen and oxygen atoms in total. The normalized spacial score (nSPS) is 10.5. The molecule has 0 unspecified atom stereocenters. The molecule has 0 saturated carbocycles. The number of hydrogen-bond donors (Lipinski definition) is 1. The minimum atomic E-state index is -0.108. The van der Waals surface area contributed by atoms with E-state index in [4.69, 9.17) is 0 Å². The van der Waals surface area contributed by atoms with Crippen LogP contribution in [0.5, 0.6) is 0 Å². The smallest absolute Gasteiger partial charge is 0.267 e. The minimum absolute atomic E-state index is 0.108. The summed E-state index contributed by atoms with van der Waals surface area (Å²) >= 11 is 3.04. The van der Waals surface area contributed by atoms with Gasteiger partial charge in [-0.1, -0.05) is 25.1 Å². The molecule has 1 amide bonds. The van der Waals surface area contributed by atoms with Gasteiger partial charge in [-0.3, -0.25) is 4.79 Å². The number of rotatable bonds is 4. The van der Waals surface area contributed by atoms with Gasteiger partial charge in [-0.2, -0.15) is 0 Å². The van der Waals surface area contributed by atoms with Crippen molar-refractivity contribution in [3.8, 4) is 9.88 Å². The second-order valence-corrected chi connectivity index (χ2v) is 6.49. The van der Waals surface area contributed by atoms with E-state index in [2.05, 4.69) is 23.3 Å². The minimum Gasteiger partial charge on any atom is -0.321 e. The molecule has 0 aliphatic rings. The van der Waals surface area contributed by atoms with Gasteiger partial charge in [0, 0.05) is 5.69 Å². The second-order valence-electron chi connectivity index (χ2n) is 4.52. The summed E-state index contributed by atoms with van der Waals surface area (Å²) in [6, 6.07) is 11.9. The van der Waals surface area contributed by atoms with Crippen LogP contribution in [0.3, 0.4) is 0 Å². The molecule has 1 N–H and O–H groups in total. The first kappa shape index (κ1) is 14.0. The molecule has 0 aliphatic heterocycles. The molecule has 3 rings (SSSR count). The van der Waals surface area contributed by atoms with Gasteiger partial charge >= 0.3 is 0 Å². The maximum Gasteiger partial charge on any atom is 0.267 e. The molecule has 0 radical (unpaired) electrons. The Morgan fingerprint density at radius 1 is 1.29 bits per heavy atom. The zero-order valence-corrected chi connectivity index (χ0v) is 13.1.